The van der Waals surface area contributed by atoms with E-state index in [1.54, 1.807) is 13.0 Å². The molecule has 1 aliphatic rings. The van der Waals surface area contributed by atoms with Crippen LogP contribution < -0.4 is 5.32 Å². The van der Waals surface area contributed by atoms with E-state index in [1.807, 2.05) is 4.90 Å². The van der Waals surface area contributed by atoms with E-state index in [0.717, 1.165) is 25.1 Å². The Hall–Kier alpha value is -1.40. The molecule has 0 saturated carbocycles. The summed E-state index contributed by atoms with van der Waals surface area (Å²) in [6.07, 6.45) is 1.98. The van der Waals surface area contributed by atoms with E-state index >= 15 is 0 Å². The van der Waals surface area contributed by atoms with Crippen LogP contribution in [0.1, 0.15) is 18.5 Å². The van der Waals surface area contributed by atoms with Crippen molar-refractivity contribution in [1.29, 1.82) is 0 Å². The minimum atomic E-state index is -0.137. The first kappa shape index (κ1) is 12.1. The Morgan fingerprint density at radius 1 is 1.76 bits per heavy atom. The van der Waals surface area contributed by atoms with Crippen LogP contribution in [0.3, 0.4) is 0 Å². The molecule has 0 unspecified atom stereocenters. The van der Waals surface area contributed by atoms with Gasteiger partial charge in [-0.3, -0.25) is 15.0 Å². The van der Waals surface area contributed by atoms with Crippen LogP contribution in [-0.4, -0.2) is 46.8 Å². The van der Waals surface area contributed by atoms with Gasteiger partial charge in [-0.2, -0.15) is 0 Å². The average molecular weight is 239 g/mol. The number of anilines is 1. The van der Waals surface area contributed by atoms with Gasteiger partial charge >= 0.3 is 0 Å². The smallest absolute Gasteiger partial charge is 0.240 e. The predicted molar refractivity (Wildman–Crippen MR) is 61.6 cm³/mol. The molecule has 0 bridgehead atoms. The summed E-state index contributed by atoms with van der Waals surface area (Å²) in [5.41, 5.74) is 0.731. The number of carbonyl (C=O) groups is 1. The zero-order valence-corrected chi connectivity index (χ0v) is 9.85. The van der Waals surface area contributed by atoms with Crippen LogP contribution in [0.4, 0.5) is 5.88 Å². The second kappa shape index (κ2) is 5.29. The maximum atomic E-state index is 11.7. The fourth-order valence-electron chi connectivity index (χ4n) is 2.09. The van der Waals surface area contributed by atoms with Crippen molar-refractivity contribution in [2.45, 2.75) is 25.8 Å². The molecule has 0 aliphatic carbocycles. The molecule has 6 nitrogen and oxygen atoms in total. The Labute approximate surface area is 99.6 Å². The van der Waals surface area contributed by atoms with Crippen LogP contribution in [0.5, 0.6) is 0 Å². The number of rotatable bonds is 4. The molecule has 1 atom stereocenters. The molecule has 17 heavy (non-hydrogen) atoms. The van der Waals surface area contributed by atoms with E-state index in [4.69, 9.17) is 9.63 Å². The first-order valence-corrected chi connectivity index (χ1v) is 5.77. The van der Waals surface area contributed by atoms with Crippen molar-refractivity contribution >= 4 is 11.8 Å². The van der Waals surface area contributed by atoms with Gasteiger partial charge in [-0.1, -0.05) is 5.16 Å². The van der Waals surface area contributed by atoms with Crippen molar-refractivity contribution in [3.63, 3.8) is 0 Å². The van der Waals surface area contributed by atoms with Gasteiger partial charge in [-0.15, -0.1) is 0 Å². The molecule has 0 radical (unpaired) electrons. The lowest BCUT2D eigenvalue weighted by Gasteiger charge is -2.21. The Morgan fingerprint density at radius 2 is 2.59 bits per heavy atom. The second-order valence-corrected chi connectivity index (χ2v) is 4.33. The molecule has 1 saturated heterocycles. The number of hydrogen-bond acceptors (Lipinski definition) is 5. The van der Waals surface area contributed by atoms with Gasteiger partial charge in [0.1, 0.15) is 0 Å². The van der Waals surface area contributed by atoms with Gasteiger partial charge in [0.25, 0.3) is 0 Å². The highest BCUT2D eigenvalue weighted by Gasteiger charge is 2.25. The quantitative estimate of drug-likeness (QED) is 0.794. The third-order valence-electron chi connectivity index (χ3n) is 2.95. The molecule has 1 aromatic heterocycles. The summed E-state index contributed by atoms with van der Waals surface area (Å²) in [4.78, 5) is 13.7. The first-order chi connectivity index (χ1) is 8.19. The molecule has 1 fully saturated rings. The number of aliphatic hydroxyl groups excluding tert-OH is 1. The highest BCUT2D eigenvalue weighted by Crippen LogP contribution is 2.16. The summed E-state index contributed by atoms with van der Waals surface area (Å²) in [7, 11) is 0. The normalized spacial score (nSPS) is 20.7. The number of likely N-dealkylation sites (tertiary alicyclic amines) is 1. The molecular weight excluding hydrogens is 222 g/mol. The number of carbonyl (C=O) groups excluding carboxylic acids is 1. The van der Waals surface area contributed by atoms with Crippen LogP contribution in [0.2, 0.25) is 0 Å². The lowest BCUT2D eigenvalue weighted by Crippen LogP contribution is -2.38. The molecule has 6 heteroatoms. The molecular formula is C11H17N3O3. The molecule has 0 aromatic carbocycles. The van der Waals surface area contributed by atoms with Crippen LogP contribution in [0.15, 0.2) is 10.6 Å². The summed E-state index contributed by atoms with van der Waals surface area (Å²) >= 11 is 0. The SMILES string of the molecule is Cc1cc(NC(=O)CN2CCC[C@H]2CO)on1. The van der Waals surface area contributed by atoms with Gasteiger partial charge in [0, 0.05) is 12.1 Å². The molecule has 2 rings (SSSR count). The summed E-state index contributed by atoms with van der Waals surface area (Å²) < 4.78 is 4.90. The van der Waals surface area contributed by atoms with Gasteiger partial charge in [0.15, 0.2) is 0 Å². The number of nitrogens with one attached hydrogen (secondary N) is 1. The van der Waals surface area contributed by atoms with Crippen LogP contribution in [0.25, 0.3) is 0 Å². The van der Waals surface area contributed by atoms with Gasteiger partial charge in [-0.25, -0.2) is 0 Å². The van der Waals surface area contributed by atoms with E-state index < -0.39 is 0 Å². The zero-order chi connectivity index (χ0) is 12.3. The molecule has 2 heterocycles. The Bertz CT molecular complexity index is 391. The maximum Gasteiger partial charge on any atom is 0.240 e. The first-order valence-electron chi connectivity index (χ1n) is 5.77. The number of hydrogen-bond donors (Lipinski definition) is 2. The lowest BCUT2D eigenvalue weighted by atomic mass is 10.2. The van der Waals surface area contributed by atoms with Crippen molar-refractivity contribution in [3.05, 3.63) is 11.8 Å². The highest BCUT2D eigenvalue weighted by molar-refractivity contribution is 5.91. The van der Waals surface area contributed by atoms with E-state index in [2.05, 4.69) is 10.5 Å². The van der Waals surface area contributed by atoms with Crippen molar-refractivity contribution in [1.82, 2.24) is 10.1 Å². The Balaban J connectivity index is 1.85. The van der Waals surface area contributed by atoms with E-state index in [0.29, 0.717) is 5.88 Å². The minimum absolute atomic E-state index is 0.106. The molecule has 1 aromatic rings. The number of aromatic nitrogens is 1. The molecule has 0 spiro atoms. The summed E-state index contributed by atoms with van der Waals surface area (Å²) in [5.74, 6) is 0.230. The largest absolute Gasteiger partial charge is 0.395 e. The van der Waals surface area contributed by atoms with Gasteiger partial charge < -0.3 is 9.63 Å². The maximum absolute atomic E-state index is 11.7. The predicted octanol–water partition coefficient (Wildman–Crippen LogP) is 0.378. The second-order valence-electron chi connectivity index (χ2n) is 4.33. The van der Waals surface area contributed by atoms with Crippen molar-refractivity contribution < 1.29 is 14.4 Å². The topological polar surface area (TPSA) is 78.6 Å². The monoisotopic (exact) mass is 239 g/mol. The van der Waals surface area contributed by atoms with Gasteiger partial charge in [0.05, 0.1) is 18.8 Å². The van der Waals surface area contributed by atoms with Gasteiger partial charge in [0.2, 0.25) is 11.8 Å². The standard InChI is InChI=1S/C11H17N3O3/c1-8-5-11(17-13-8)12-10(16)6-14-4-2-3-9(14)7-15/h5,9,15H,2-4,6-7H2,1H3,(H,12,16)/t9-/m0/s1. The average Bonchev–Trinajstić information content (AvgIpc) is 2.87. The van der Waals surface area contributed by atoms with Crippen molar-refractivity contribution in [2.24, 2.45) is 0 Å². The Morgan fingerprint density at radius 3 is 3.24 bits per heavy atom. The fraction of sp³-hybridized carbons (Fsp3) is 0.636. The van der Waals surface area contributed by atoms with Crippen LogP contribution in [-0.2, 0) is 4.79 Å². The zero-order valence-electron chi connectivity index (χ0n) is 9.85. The molecule has 2 N–H and O–H groups in total. The summed E-state index contributed by atoms with van der Waals surface area (Å²) in [5, 5.41) is 15.5. The number of aliphatic hydroxyl groups is 1. The van der Waals surface area contributed by atoms with E-state index in [-0.39, 0.29) is 25.1 Å². The van der Waals surface area contributed by atoms with Crippen LogP contribution in [0, 0.1) is 6.92 Å². The fourth-order valence-corrected chi connectivity index (χ4v) is 2.09. The number of amides is 1. The minimum Gasteiger partial charge on any atom is -0.395 e. The summed E-state index contributed by atoms with van der Waals surface area (Å²) in [6, 6.07) is 1.78. The van der Waals surface area contributed by atoms with Gasteiger partial charge in [-0.05, 0) is 26.3 Å². The highest BCUT2D eigenvalue weighted by atomic mass is 16.5. The van der Waals surface area contributed by atoms with Crippen molar-refractivity contribution in [3.8, 4) is 0 Å². The molecule has 1 amide bonds. The van der Waals surface area contributed by atoms with Crippen LogP contribution >= 0.6 is 0 Å². The van der Waals surface area contributed by atoms with E-state index in [1.165, 1.54) is 0 Å². The van der Waals surface area contributed by atoms with Crippen molar-refractivity contribution in [2.75, 3.05) is 25.0 Å². The number of aryl methyl sites for hydroxylation is 1. The molecule has 94 valence electrons. The lowest BCUT2D eigenvalue weighted by molar-refractivity contribution is -0.117. The number of nitrogens with zero attached hydrogens (tertiary/aromatic N) is 2. The Kier molecular flexibility index (Phi) is 3.75. The molecule has 1 aliphatic heterocycles. The van der Waals surface area contributed by atoms with E-state index in [9.17, 15) is 4.79 Å². The third kappa shape index (κ3) is 3.04. The summed E-state index contributed by atoms with van der Waals surface area (Å²) in [6.45, 7) is 3.04. The third-order valence-corrected chi connectivity index (χ3v) is 2.95.